The maximum Gasteiger partial charge on any atom is 0.134 e. The summed E-state index contributed by atoms with van der Waals surface area (Å²) in [6.07, 6.45) is 5.77. The van der Waals surface area contributed by atoms with Crippen LogP contribution < -0.4 is 10.2 Å². The topological polar surface area (TPSA) is 41.1 Å². The molecule has 1 N–H and O–H groups in total. The Morgan fingerprint density at radius 2 is 2.05 bits per heavy atom. The van der Waals surface area contributed by atoms with Crippen LogP contribution in [0.2, 0.25) is 0 Å². The molecule has 0 radical (unpaired) electrons. The standard InChI is InChI=1S/C16H28N4/c1-5-8-14-18-15(17-7-3)11-16(19-14)20-12(4)9-10-13(20)6-2/h11-13H,5-10H2,1-4H3,(H,17,18,19). The Bertz CT molecular complexity index is 408. The molecule has 1 saturated heterocycles. The van der Waals surface area contributed by atoms with E-state index in [2.05, 4.69) is 49.0 Å². The average molecular weight is 276 g/mol. The van der Waals surface area contributed by atoms with E-state index in [9.17, 15) is 0 Å². The predicted octanol–water partition coefficient (Wildman–Crippen LogP) is 3.63. The van der Waals surface area contributed by atoms with Gasteiger partial charge in [0, 0.05) is 31.1 Å². The van der Waals surface area contributed by atoms with Crippen molar-refractivity contribution in [1.82, 2.24) is 9.97 Å². The van der Waals surface area contributed by atoms with Crippen molar-refractivity contribution in [2.45, 2.75) is 71.9 Å². The van der Waals surface area contributed by atoms with Crippen LogP contribution in [0, 0.1) is 0 Å². The highest BCUT2D eigenvalue weighted by atomic mass is 15.3. The third-order valence-corrected chi connectivity index (χ3v) is 4.11. The van der Waals surface area contributed by atoms with Gasteiger partial charge in [-0.1, -0.05) is 13.8 Å². The summed E-state index contributed by atoms with van der Waals surface area (Å²) < 4.78 is 0. The Morgan fingerprint density at radius 3 is 2.70 bits per heavy atom. The highest BCUT2D eigenvalue weighted by Crippen LogP contribution is 2.31. The van der Waals surface area contributed by atoms with Crippen molar-refractivity contribution in [2.75, 3.05) is 16.8 Å². The maximum atomic E-state index is 4.81. The zero-order chi connectivity index (χ0) is 14.5. The molecule has 1 aliphatic rings. The van der Waals surface area contributed by atoms with E-state index in [1.807, 2.05) is 0 Å². The minimum atomic E-state index is 0.582. The molecule has 4 heteroatoms. The van der Waals surface area contributed by atoms with E-state index in [-0.39, 0.29) is 0 Å². The molecule has 0 saturated carbocycles. The molecule has 1 aliphatic heterocycles. The minimum absolute atomic E-state index is 0.582. The fourth-order valence-corrected chi connectivity index (χ4v) is 3.11. The third-order valence-electron chi connectivity index (χ3n) is 4.11. The largest absolute Gasteiger partial charge is 0.370 e. The number of aryl methyl sites for hydroxylation is 1. The van der Waals surface area contributed by atoms with E-state index in [4.69, 9.17) is 4.98 Å². The lowest BCUT2D eigenvalue weighted by atomic mass is 10.1. The predicted molar refractivity (Wildman–Crippen MR) is 85.4 cm³/mol. The first kappa shape index (κ1) is 15.1. The van der Waals surface area contributed by atoms with Gasteiger partial charge in [-0.25, -0.2) is 9.97 Å². The fourth-order valence-electron chi connectivity index (χ4n) is 3.11. The van der Waals surface area contributed by atoms with Crippen molar-refractivity contribution in [2.24, 2.45) is 0 Å². The van der Waals surface area contributed by atoms with Crippen molar-refractivity contribution < 1.29 is 0 Å². The van der Waals surface area contributed by atoms with Crippen LogP contribution in [0.5, 0.6) is 0 Å². The van der Waals surface area contributed by atoms with E-state index >= 15 is 0 Å². The molecule has 112 valence electrons. The van der Waals surface area contributed by atoms with E-state index < -0.39 is 0 Å². The van der Waals surface area contributed by atoms with Gasteiger partial charge in [-0.05, 0) is 39.5 Å². The van der Waals surface area contributed by atoms with Crippen LogP contribution in [0.3, 0.4) is 0 Å². The van der Waals surface area contributed by atoms with Gasteiger partial charge in [0.2, 0.25) is 0 Å². The number of aromatic nitrogens is 2. The van der Waals surface area contributed by atoms with Crippen LogP contribution in [0.4, 0.5) is 11.6 Å². The Morgan fingerprint density at radius 1 is 1.25 bits per heavy atom. The molecular formula is C16H28N4. The van der Waals surface area contributed by atoms with Gasteiger partial charge in [0.1, 0.15) is 17.5 Å². The van der Waals surface area contributed by atoms with Gasteiger partial charge in [-0.3, -0.25) is 0 Å². The SMILES string of the molecule is CCCc1nc(NCC)cc(N2C(C)CCC2CC)n1. The van der Waals surface area contributed by atoms with Crippen molar-refractivity contribution in [3.63, 3.8) is 0 Å². The molecule has 0 spiro atoms. The number of nitrogens with zero attached hydrogens (tertiary/aromatic N) is 3. The molecule has 0 aromatic carbocycles. The van der Waals surface area contributed by atoms with Crippen LogP contribution >= 0.6 is 0 Å². The summed E-state index contributed by atoms with van der Waals surface area (Å²) >= 11 is 0. The first-order valence-corrected chi connectivity index (χ1v) is 8.09. The van der Waals surface area contributed by atoms with E-state index in [1.165, 1.54) is 19.3 Å². The molecule has 0 bridgehead atoms. The molecule has 4 nitrogen and oxygen atoms in total. The molecule has 1 aromatic heterocycles. The summed E-state index contributed by atoms with van der Waals surface area (Å²) in [5.74, 6) is 3.04. The van der Waals surface area contributed by atoms with Crippen LogP contribution in [0.15, 0.2) is 6.07 Å². The lowest BCUT2D eigenvalue weighted by molar-refractivity contribution is 0.618. The normalized spacial score (nSPS) is 22.3. The summed E-state index contributed by atoms with van der Waals surface area (Å²) in [5, 5.41) is 3.34. The smallest absolute Gasteiger partial charge is 0.134 e. The second-order valence-corrected chi connectivity index (χ2v) is 5.70. The number of hydrogen-bond acceptors (Lipinski definition) is 4. The molecule has 0 aliphatic carbocycles. The average Bonchev–Trinajstić information content (AvgIpc) is 2.80. The maximum absolute atomic E-state index is 4.81. The zero-order valence-corrected chi connectivity index (χ0v) is 13.3. The van der Waals surface area contributed by atoms with Gasteiger partial charge in [0.05, 0.1) is 0 Å². The van der Waals surface area contributed by atoms with Gasteiger partial charge >= 0.3 is 0 Å². The van der Waals surface area contributed by atoms with Gasteiger partial charge in [0.25, 0.3) is 0 Å². The molecule has 1 fully saturated rings. The van der Waals surface area contributed by atoms with Crippen molar-refractivity contribution in [1.29, 1.82) is 0 Å². The number of nitrogens with one attached hydrogen (secondary N) is 1. The quantitative estimate of drug-likeness (QED) is 0.861. The molecule has 2 unspecified atom stereocenters. The van der Waals surface area contributed by atoms with Crippen LogP contribution in [-0.2, 0) is 6.42 Å². The lowest BCUT2D eigenvalue weighted by Gasteiger charge is -2.29. The lowest BCUT2D eigenvalue weighted by Crippen LogP contribution is -2.35. The Hall–Kier alpha value is -1.32. The summed E-state index contributed by atoms with van der Waals surface area (Å²) in [6.45, 7) is 9.76. The Labute approximate surface area is 123 Å². The van der Waals surface area contributed by atoms with Crippen molar-refractivity contribution in [3.8, 4) is 0 Å². The monoisotopic (exact) mass is 276 g/mol. The molecular weight excluding hydrogens is 248 g/mol. The highest BCUT2D eigenvalue weighted by Gasteiger charge is 2.30. The second-order valence-electron chi connectivity index (χ2n) is 5.70. The Balaban J connectivity index is 2.33. The van der Waals surface area contributed by atoms with Gasteiger partial charge in [-0.15, -0.1) is 0 Å². The van der Waals surface area contributed by atoms with Crippen molar-refractivity contribution >= 4 is 11.6 Å². The minimum Gasteiger partial charge on any atom is -0.370 e. The second kappa shape index (κ2) is 6.91. The summed E-state index contributed by atoms with van der Waals surface area (Å²) in [5.41, 5.74) is 0. The van der Waals surface area contributed by atoms with Crippen molar-refractivity contribution in [3.05, 3.63) is 11.9 Å². The fraction of sp³-hybridized carbons (Fsp3) is 0.750. The van der Waals surface area contributed by atoms with Crippen LogP contribution in [0.25, 0.3) is 0 Å². The number of rotatable bonds is 6. The van der Waals surface area contributed by atoms with Gasteiger partial charge in [0.15, 0.2) is 0 Å². The molecule has 0 amide bonds. The van der Waals surface area contributed by atoms with E-state index in [1.54, 1.807) is 0 Å². The van der Waals surface area contributed by atoms with E-state index in [0.29, 0.717) is 12.1 Å². The van der Waals surface area contributed by atoms with E-state index in [0.717, 1.165) is 36.8 Å². The number of anilines is 2. The van der Waals surface area contributed by atoms with Crippen LogP contribution in [-0.4, -0.2) is 28.6 Å². The molecule has 20 heavy (non-hydrogen) atoms. The molecule has 2 rings (SSSR count). The third kappa shape index (κ3) is 3.22. The zero-order valence-electron chi connectivity index (χ0n) is 13.3. The number of hydrogen-bond donors (Lipinski definition) is 1. The first-order chi connectivity index (χ1) is 9.69. The molecule has 2 atom stereocenters. The van der Waals surface area contributed by atoms with Gasteiger partial charge in [-0.2, -0.15) is 0 Å². The molecule has 1 aromatic rings. The first-order valence-electron chi connectivity index (χ1n) is 8.09. The Kier molecular flexibility index (Phi) is 5.21. The van der Waals surface area contributed by atoms with Gasteiger partial charge < -0.3 is 10.2 Å². The summed E-state index contributed by atoms with van der Waals surface area (Å²) in [7, 11) is 0. The summed E-state index contributed by atoms with van der Waals surface area (Å²) in [4.78, 5) is 11.9. The molecule has 2 heterocycles. The summed E-state index contributed by atoms with van der Waals surface area (Å²) in [6, 6.07) is 3.33. The van der Waals surface area contributed by atoms with Crippen LogP contribution in [0.1, 0.15) is 59.2 Å². The highest BCUT2D eigenvalue weighted by molar-refractivity contribution is 5.51.